The number of hydrogen-bond acceptors (Lipinski definition) is 7. The summed E-state index contributed by atoms with van der Waals surface area (Å²) in [5, 5.41) is 37.6. The molecule has 0 aliphatic carbocycles. The number of aromatic nitrogens is 2. The van der Waals surface area contributed by atoms with Gasteiger partial charge in [-0.1, -0.05) is 0 Å². The molecular weight excluding hydrogens is 392 g/mol. The summed E-state index contributed by atoms with van der Waals surface area (Å²) in [6, 6.07) is -1.30. The second-order valence-corrected chi connectivity index (χ2v) is 7.84. The van der Waals surface area contributed by atoms with Gasteiger partial charge in [0.2, 0.25) is 6.33 Å². The van der Waals surface area contributed by atoms with Gasteiger partial charge in [-0.25, -0.2) is 9.13 Å². The SMILES string of the molecule is CC(=O)C(N)CCCC[n+]1cc(CC(O)C(O)CO)n(CCCCC(N)C(=O)O)c1. The summed E-state index contributed by atoms with van der Waals surface area (Å²) in [5.41, 5.74) is 12.1. The molecule has 1 aromatic rings. The van der Waals surface area contributed by atoms with Crippen LogP contribution >= 0.6 is 0 Å². The molecule has 0 saturated carbocycles. The van der Waals surface area contributed by atoms with Gasteiger partial charge in [0.05, 0.1) is 31.8 Å². The van der Waals surface area contributed by atoms with Crippen LogP contribution < -0.4 is 16.0 Å². The van der Waals surface area contributed by atoms with Gasteiger partial charge in [-0.05, 0) is 45.4 Å². The number of rotatable bonds is 16. The first-order valence-electron chi connectivity index (χ1n) is 10.4. The van der Waals surface area contributed by atoms with Crippen LogP contribution in [0.15, 0.2) is 12.5 Å². The van der Waals surface area contributed by atoms with Gasteiger partial charge in [-0.15, -0.1) is 0 Å². The van der Waals surface area contributed by atoms with Crippen LogP contribution in [0, 0.1) is 0 Å². The number of nitrogens with two attached hydrogens (primary N) is 2. The number of Topliss-reactive ketones (excluding diaryl/α,β-unsaturated/α-hetero) is 1. The van der Waals surface area contributed by atoms with Crippen molar-refractivity contribution in [2.45, 2.75) is 89.3 Å². The van der Waals surface area contributed by atoms with Crippen LogP contribution in [-0.2, 0) is 29.1 Å². The standard InChI is InChI=1S/C20H36N4O6/c1-14(26)16(21)6-2-4-8-23-11-15(10-18(27)19(28)12-25)24(13-23)9-5-3-7-17(22)20(29)30/h11,13,16-19,25,27-28H,2-10,12,21-22H2,1H3/p+1. The largest absolute Gasteiger partial charge is 0.480 e. The Hall–Kier alpha value is -1.85. The highest BCUT2D eigenvalue weighted by molar-refractivity contribution is 5.81. The minimum atomic E-state index is -1.22. The van der Waals surface area contributed by atoms with Gasteiger partial charge in [0.1, 0.15) is 29.8 Å². The third kappa shape index (κ3) is 9.31. The first-order chi connectivity index (χ1) is 14.1. The van der Waals surface area contributed by atoms with Gasteiger partial charge in [0.25, 0.3) is 0 Å². The van der Waals surface area contributed by atoms with E-state index in [9.17, 15) is 19.8 Å². The van der Waals surface area contributed by atoms with E-state index in [2.05, 4.69) is 0 Å². The van der Waals surface area contributed by atoms with Crippen LogP contribution in [-0.4, -0.2) is 67.6 Å². The monoisotopic (exact) mass is 429 g/mol. The molecule has 0 aliphatic rings. The molecule has 0 saturated heterocycles. The van der Waals surface area contributed by atoms with Crippen molar-refractivity contribution in [1.29, 1.82) is 0 Å². The highest BCUT2D eigenvalue weighted by Crippen LogP contribution is 2.10. The van der Waals surface area contributed by atoms with Crippen molar-refractivity contribution in [2.24, 2.45) is 11.5 Å². The topological polar surface area (TPSA) is 176 Å². The van der Waals surface area contributed by atoms with E-state index in [1.54, 1.807) is 0 Å². The highest BCUT2D eigenvalue weighted by atomic mass is 16.4. The fourth-order valence-corrected chi connectivity index (χ4v) is 3.15. The van der Waals surface area contributed by atoms with E-state index in [-0.39, 0.29) is 12.2 Å². The summed E-state index contributed by atoms with van der Waals surface area (Å²) < 4.78 is 3.94. The van der Waals surface area contributed by atoms with E-state index in [4.69, 9.17) is 21.7 Å². The van der Waals surface area contributed by atoms with E-state index in [1.165, 1.54) is 6.92 Å². The molecule has 0 bridgehead atoms. The van der Waals surface area contributed by atoms with Crippen LogP contribution in [0.1, 0.15) is 51.1 Å². The molecule has 10 heteroatoms. The smallest absolute Gasteiger partial charge is 0.320 e. The summed E-state index contributed by atoms with van der Waals surface area (Å²) in [7, 11) is 0. The molecule has 10 nitrogen and oxygen atoms in total. The quantitative estimate of drug-likeness (QED) is 0.139. The molecule has 0 radical (unpaired) electrons. The Morgan fingerprint density at radius 1 is 1.07 bits per heavy atom. The number of imidazole rings is 1. The molecule has 1 heterocycles. The number of aliphatic carboxylic acids is 1. The summed E-state index contributed by atoms with van der Waals surface area (Å²) in [4.78, 5) is 22.0. The molecule has 1 rings (SSSR count). The summed E-state index contributed by atoms with van der Waals surface area (Å²) in [6.07, 6.45) is 5.70. The molecule has 0 amide bonds. The van der Waals surface area contributed by atoms with Crippen molar-refractivity contribution < 1.29 is 34.6 Å². The Bertz CT molecular complexity index is 666. The normalized spacial score (nSPS) is 15.5. The van der Waals surface area contributed by atoms with Crippen molar-refractivity contribution in [3.05, 3.63) is 18.2 Å². The van der Waals surface area contributed by atoms with E-state index in [1.807, 2.05) is 21.7 Å². The third-order valence-electron chi connectivity index (χ3n) is 5.21. The predicted molar refractivity (Wildman–Crippen MR) is 109 cm³/mol. The molecule has 0 aromatic carbocycles. The lowest BCUT2D eigenvalue weighted by Gasteiger charge is -2.14. The number of carbonyl (C=O) groups is 2. The van der Waals surface area contributed by atoms with Gasteiger partial charge < -0.3 is 31.9 Å². The molecule has 1 aromatic heterocycles. The predicted octanol–water partition coefficient (Wildman–Crippen LogP) is -1.30. The van der Waals surface area contributed by atoms with Crippen molar-refractivity contribution in [3.63, 3.8) is 0 Å². The van der Waals surface area contributed by atoms with Crippen LogP contribution in [0.5, 0.6) is 0 Å². The molecule has 0 spiro atoms. The average molecular weight is 430 g/mol. The Kier molecular flexibility index (Phi) is 11.7. The Morgan fingerprint density at radius 3 is 2.30 bits per heavy atom. The van der Waals surface area contributed by atoms with E-state index in [0.29, 0.717) is 32.4 Å². The fourth-order valence-electron chi connectivity index (χ4n) is 3.15. The zero-order chi connectivity index (χ0) is 22.7. The number of unbranched alkanes of at least 4 members (excludes halogenated alkanes) is 2. The molecule has 30 heavy (non-hydrogen) atoms. The third-order valence-corrected chi connectivity index (χ3v) is 5.21. The number of aliphatic hydroxyl groups excluding tert-OH is 3. The minimum Gasteiger partial charge on any atom is -0.480 e. The zero-order valence-corrected chi connectivity index (χ0v) is 17.7. The Labute approximate surface area is 177 Å². The lowest BCUT2D eigenvalue weighted by molar-refractivity contribution is -0.697. The molecule has 0 fully saturated rings. The highest BCUT2D eigenvalue weighted by Gasteiger charge is 2.22. The van der Waals surface area contributed by atoms with Crippen molar-refractivity contribution in [1.82, 2.24) is 4.57 Å². The molecular formula is C20H37N4O6+. The maximum atomic E-state index is 11.2. The number of aryl methyl sites for hydroxylation is 2. The van der Waals surface area contributed by atoms with Gasteiger partial charge >= 0.3 is 5.97 Å². The first kappa shape index (κ1) is 26.2. The van der Waals surface area contributed by atoms with E-state index in [0.717, 1.165) is 25.0 Å². The zero-order valence-electron chi connectivity index (χ0n) is 17.7. The van der Waals surface area contributed by atoms with Gasteiger partial charge in [-0.3, -0.25) is 9.59 Å². The fraction of sp³-hybridized carbons (Fsp3) is 0.750. The van der Waals surface area contributed by atoms with Crippen LogP contribution in [0.25, 0.3) is 0 Å². The molecule has 8 N–H and O–H groups in total. The van der Waals surface area contributed by atoms with Gasteiger partial charge in [0.15, 0.2) is 0 Å². The second-order valence-electron chi connectivity index (χ2n) is 7.84. The minimum absolute atomic E-state index is 0.0184. The molecule has 4 unspecified atom stereocenters. The molecule has 172 valence electrons. The first-order valence-corrected chi connectivity index (χ1v) is 10.4. The molecule has 0 aliphatic heterocycles. The summed E-state index contributed by atoms with van der Waals surface area (Å²) >= 11 is 0. The number of carboxylic acids is 1. The van der Waals surface area contributed by atoms with Crippen LogP contribution in [0.3, 0.4) is 0 Å². The second kappa shape index (κ2) is 13.5. The Morgan fingerprint density at radius 2 is 1.70 bits per heavy atom. The van der Waals surface area contributed by atoms with Gasteiger partial charge in [-0.2, -0.15) is 0 Å². The van der Waals surface area contributed by atoms with Crippen LogP contribution in [0.2, 0.25) is 0 Å². The molecule has 4 atom stereocenters. The summed E-state index contributed by atoms with van der Waals surface area (Å²) in [5.74, 6) is -1.03. The van der Waals surface area contributed by atoms with Crippen molar-refractivity contribution >= 4 is 11.8 Å². The summed E-state index contributed by atoms with van der Waals surface area (Å²) in [6.45, 7) is 2.30. The van der Waals surface area contributed by atoms with Crippen molar-refractivity contribution in [2.75, 3.05) is 6.61 Å². The number of nitrogens with zero attached hydrogens (tertiary/aromatic N) is 2. The Balaban J connectivity index is 2.67. The van der Waals surface area contributed by atoms with Crippen LogP contribution in [0.4, 0.5) is 0 Å². The number of hydrogen-bond donors (Lipinski definition) is 6. The number of carbonyl (C=O) groups excluding carboxylic acids is 1. The number of aliphatic hydroxyl groups is 3. The maximum Gasteiger partial charge on any atom is 0.320 e. The maximum absolute atomic E-state index is 11.2. The number of carboxylic acid groups (broad SMARTS) is 1. The number of ketones is 1. The lowest BCUT2D eigenvalue weighted by Crippen LogP contribution is -2.33. The lowest BCUT2D eigenvalue weighted by atomic mass is 10.1. The van der Waals surface area contributed by atoms with E-state index < -0.39 is 36.9 Å². The van der Waals surface area contributed by atoms with E-state index >= 15 is 0 Å². The van der Waals surface area contributed by atoms with Crippen molar-refractivity contribution in [3.8, 4) is 0 Å². The van der Waals surface area contributed by atoms with Gasteiger partial charge in [0, 0.05) is 6.42 Å². The average Bonchev–Trinajstić information content (AvgIpc) is 3.08.